The fourth-order valence-corrected chi connectivity index (χ4v) is 3.33. The van der Waals surface area contributed by atoms with E-state index >= 15 is 0 Å². The van der Waals surface area contributed by atoms with Gasteiger partial charge < -0.3 is 15.0 Å². The molecule has 0 saturated carbocycles. The summed E-state index contributed by atoms with van der Waals surface area (Å²) in [4.78, 5) is 28.8. The van der Waals surface area contributed by atoms with Crippen molar-refractivity contribution in [3.63, 3.8) is 0 Å². The van der Waals surface area contributed by atoms with Crippen LogP contribution in [0.15, 0.2) is 22.2 Å². The third kappa shape index (κ3) is 3.05. The van der Waals surface area contributed by atoms with E-state index in [-0.39, 0.29) is 17.2 Å². The number of esters is 1. The molecule has 3 heterocycles. The zero-order chi connectivity index (χ0) is 18.1. The van der Waals surface area contributed by atoms with Gasteiger partial charge in [-0.2, -0.15) is 0 Å². The highest BCUT2D eigenvalue weighted by atomic mass is 32.1. The maximum absolute atomic E-state index is 12.5. The van der Waals surface area contributed by atoms with Gasteiger partial charge in [-0.05, 0) is 26.8 Å². The van der Waals surface area contributed by atoms with Crippen LogP contribution in [0, 0.1) is 20.8 Å². The molecule has 0 aromatic carbocycles. The Bertz CT molecular complexity index is 920. The largest absolute Gasteiger partial charge is 0.453 e. The van der Waals surface area contributed by atoms with Crippen LogP contribution in [-0.4, -0.2) is 33.1 Å². The van der Waals surface area contributed by atoms with Gasteiger partial charge in [-0.3, -0.25) is 9.36 Å². The lowest BCUT2D eigenvalue weighted by Crippen LogP contribution is -2.16. The summed E-state index contributed by atoms with van der Waals surface area (Å²) in [5, 5.41) is 6.23. The molecule has 0 bridgehead atoms. The number of carbonyl (C=O) groups excluding carboxylic acids is 2. The molecule has 25 heavy (non-hydrogen) atoms. The summed E-state index contributed by atoms with van der Waals surface area (Å²) < 4.78 is 11.7. The lowest BCUT2D eigenvalue weighted by Gasteiger charge is -2.06. The van der Waals surface area contributed by atoms with Crippen LogP contribution >= 0.6 is 11.3 Å². The first-order valence-corrected chi connectivity index (χ1v) is 8.29. The minimum Gasteiger partial charge on any atom is -0.453 e. The molecule has 0 unspecified atom stereocenters. The van der Waals surface area contributed by atoms with Gasteiger partial charge in [0.05, 0.1) is 5.69 Å². The number of aromatic nitrogens is 3. The Kier molecular flexibility index (Phi) is 4.41. The van der Waals surface area contributed by atoms with Crippen molar-refractivity contribution in [1.82, 2.24) is 14.7 Å². The molecule has 0 aliphatic heterocycles. The van der Waals surface area contributed by atoms with E-state index in [4.69, 9.17) is 15.0 Å². The van der Waals surface area contributed by atoms with Gasteiger partial charge in [-0.25, -0.2) is 9.78 Å². The van der Waals surface area contributed by atoms with Gasteiger partial charge >= 0.3 is 5.97 Å². The van der Waals surface area contributed by atoms with Gasteiger partial charge in [-0.1, -0.05) is 5.16 Å². The molecule has 0 atom stereocenters. The number of Topliss-reactive ketones (excluding diaryl/α,β-unsaturated/α-hetero) is 1. The monoisotopic (exact) mass is 360 g/mol. The maximum atomic E-state index is 12.5. The number of nitrogens with two attached hydrogens (primary N) is 1. The summed E-state index contributed by atoms with van der Waals surface area (Å²) >= 11 is 1.47. The molecule has 130 valence electrons. The molecule has 3 aromatic heterocycles. The van der Waals surface area contributed by atoms with Gasteiger partial charge in [0, 0.05) is 28.5 Å². The molecule has 0 aliphatic rings. The van der Waals surface area contributed by atoms with Gasteiger partial charge in [0.15, 0.2) is 11.7 Å². The normalized spacial score (nSPS) is 10.8. The summed E-state index contributed by atoms with van der Waals surface area (Å²) in [6.07, 6.45) is 1.70. The van der Waals surface area contributed by atoms with Crippen LogP contribution in [-0.2, 0) is 4.74 Å². The van der Waals surface area contributed by atoms with Crippen molar-refractivity contribution in [2.24, 2.45) is 0 Å². The standard InChI is InChI=1S/C16H16N4O4S/c1-8-6-11(10(3)20(8)16-18-4-5-25-16)12(21)7-23-15(22)13-9(2)19-24-14(13)17/h4-6H,7,17H2,1-3H3. The van der Waals surface area contributed by atoms with E-state index in [1.54, 1.807) is 19.2 Å². The second-order valence-corrected chi connectivity index (χ2v) is 6.31. The number of aryl methyl sites for hydroxylation is 2. The average molecular weight is 360 g/mol. The molecule has 0 saturated heterocycles. The van der Waals surface area contributed by atoms with Crippen LogP contribution in [0.3, 0.4) is 0 Å². The number of rotatable bonds is 5. The number of thiazole rings is 1. The number of ether oxygens (including phenoxy) is 1. The second-order valence-electron chi connectivity index (χ2n) is 5.44. The van der Waals surface area contributed by atoms with Gasteiger partial charge in [0.2, 0.25) is 11.7 Å². The SMILES string of the molecule is Cc1noc(N)c1C(=O)OCC(=O)c1cc(C)n(-c2nccs2)c1C. The van der Waals surface area contributed by atoms with Crippen molar-refractivity contribution in [3.05, 3.63) is 45.9 Å². The molecular weight excluding hydrogens is 344 g/mol. The molecule has 8 nitrogen and oxygen atoms in total. The van der Waals surface area contributed by atoms with E-state index in [1.165, 1.54) is 11.3 Å². The van der Waals surface area contributed by atoms with Crippen molar-refractivity contribution >= 4 is 29.0 Å². The Morgan fingerprint density at radius 3 is 2.72 bits per heavy atom. The topological polar surface area (TPSA) is 113 Å². The summed E-state index contributed by atoms with van der Waals surface area (Å²) in [5.41, 5.74) is 8.00. The van der Waals surface area contributed by atoms with Crippen molar-refractivity contribution in [1.29, 1.82) is 0 Å². The van der Waals surface area contributed by atoms with E-state index < -0.39 is 12.6 Å². The number of ketones is 1. The highest BCUT2D eigenvalue weighted by molar-refractivity contribution is 7.12. The molecule has 0 fully saturated rings. The second kappa shape index (κ2) is 6.52. The van der Waals surface area contributed by atoms with E-state index in [9.17, 15) is 9.59 Å². The molecule has 0 radical (unpaired) electrons. The predicted octanol–water partition coefficient (Wildman–Crippen LogP) is 2.47. The summed E-state index contributed by atoms with van der Waals surface area (Å²) in [5.74, 6) is -1.17. The number of nitrogens with zero attached hydrogens (tertiary/aromatic N) is 3. The maximum Gasteiger partial charge on any atom is 0.346 e. The highest BCUT2D eigenvalue weighted by Gasteiger charge is 2.23. The van der Waals surface area contributed by atoms with Crippen LogP contribution < -0.4 is 5.73 Å². The van der Waals surface area contributed by atoms with E-state index in [0.29, 0.717) is 11.3 Å². The van der Waals surface area contributed by atoms with Crippen molar-refractivity contribution in [2.75, 3.05) is 12.3 Å². The smallest absolute Gasteiger partial charge is 0.346 e. The zero-order valence-corrected chi connectivity index (χ0v) is 14.7. The van der Waals surface area contributed by atoms with Crippen molar-refractivity contribution < 1.29 is 18.8 Å². The number of hydrogen-bond donors (Lipinski definition) is 1. The molecule has 0 spiro atoms. The van der Waals surface area contributed by atoms with Crippen LogP contribution in [0.25, 0.3) is 5.13 Å². The third-order valence-electron chi connectivity index (χ3n) is 3.77. The van der Waals surface area contributed by atoms with Crippen LogP contribution in [0.4, 0.5) is 5.88 Å². The third-order valence-corrected chi connectivity index (χ3v) is 4.53. The molecule has 3 aromatic rings. The Balaban J connectivity index is 1.76. The fourth-order valence-electron chi connectivity index (χ4n) is 2.58. The molecule has 2 N–H and O–H groups in total. The first kappa shape index (κ1) is 16.9. The average Bonchev–Trinajstić information content (AvgIpc) is 3.26. The number of nitrogen functional groups attached to an aromatic ring is 1. The van der Waals surface area contributed by atoms with Gasteiger partial charge in [0.25, 0.3) is 0 Å². The van der Waals surface area contributed by atoms with Crippen molar-refractivity contribution in [3.8, 4) is 5.13 Å². The molecular formula is C16H16N4O4S. The van der Waals surface area contributed by atoms with Gasteiger partial charge in [-0.15, -0.1) is 11.3 Å². The first-order chi connectivity index (χ1) is 11.9. The molecule has 9 heteroatoms. The quantitative estimate of drug-likeness (QED) is 0.549. The summed E-state index contributed by atoms with van der Waals surface area (Å²) in [6, 6.07) is 1.76. The molecule has 3 rings (SSSR count). The lowest BCUT2D eigenvalue weighted by atomic mass is 10.1. The first-order valence-electron chi connectivity index (χ1n) is 7.41. The minimum atomic E-state index is -0.738. The Morgan fingerprint density at radius 1 is 1.36 bits per heavy atom. The summed E-state index contributed by atoms with van der Waals surface area (Å²) in [7, 11) is 0. The Morgan fingerprint density at radius 2 is 2.12 bits per heavy atom. The summed E-state index contributed by atoms with van der Waals surface area (Å²) in [6.45, 7) is 4.88. The zero-order valence-electron chi connectivity index (χ0n) is 13.9. The highest BCUT2D eigenvalue weighted by Crippen LogP contribution is 2.23. The van der Waals surface area contributed by atoms with E-state index in [2.05, 4.69) is 10.1 Å². The Hall–Kier alpha value is -2.94. The predicted molar refractivity (Wildman–Crippen MR) is 91.2 cm³/mol. The molecule has 0 amide bonds. The van der Waals surface area contributed by atoms with Crippen LogP contribution in [0.5, 0.6) is 0 Å². The number of carbonyl (C=O) groups is 2. The molecule has 0 aliphatic carbocycles. The minimum absolute atomic E-state index is 0.0426. The fraction of sp³-hybridized carbons (Fsp3) is 0.250. The van der Waals surface area contributed by atoms with Crippen LogP contribution in [0.2, 0.25) is 0 Å². The Labute approximate surface area is 147 Å². The van der Waals surface area contributed by atoms with E-state index in [1.807, 2.05) is 23.8 Å². The number of anilines is 1. The van der Waals surface area contributed by atoms with Crippen molar-refractivity contribution in [2.45, 2.75) is 20.8 Å². The van der Waals surface area contributed by atoms with Gasteiger partial charge in [0.1, 0.15) is 5.56 Å². The van der Waals surface area contributed by atoms with Crippen LogP contribution in [0.1, 0.15) is 37.8 Å². The van der Waals surface area contributed by atoms with E-state index in [0.717, 1.165) is 16.5 Å². The number of hydrogen-bond acceptors (Lipinski definition) is 8. The lowest BCUT2D eigenvalue weighted by molar-refractivity contribution is 0.0474.